The van der Waals surface area contributed by atoms with E-state index in [0.717, 1.165) is 25.5 Å². The number of aryl methyl sites for hydroxylation is 1. The van der Waals surface area contributed by atoms with Crippen LogP contribution < -0.4 is 5.32 Å². The van der Waals surface area contributed by atoms with Crippen molar-refractivity contribution < 1.29 is 0 Å². The molecule has 1 N–H and O–H groups in total. The van der Waals surface area contributed by atoms with Crippen LogP contribution in [0.5, 0.6) is 0 Å². The Bertz CT molecular complexity index is 290. The molecule has 1 aromatic rings. The van der Waals surface area contributed by atoms with Crippen LogP contribution in [0, 0.1) is 0 Å². The first-order valence-electron chi connectivity index (χ1n) is 5.62. The van der Waals surface area contributed by atoms with E-state index in [-0.39, 0.29) is 0 Å². The topological polar surface area (TPSA) is 46.0 Å². The van der Waals surface area contributed by atoms with E-state index in [0.29, 0.717) is 0 Å². The first-order valence-corrected chi connectivity index (χ1v) is 5.62. The first kappa shape index (κ1) is 10.6. The monoisotopic (exact) mass is 209 g/mol. The van der Waals surface area contributed by atoms with Crippen molar-refractivity contribution in [3.05, 3.63) is 12.2 Å². The van der Waals surface area contributed by atoms with Gasteiger partial charge in [0.15, 0.2) is 5.82 Å². The van der Waals surface area contributed by atoms with Crippen molar-refractivity contribution in [3.8, 4) is 0 Å². The molecule has 0 atom stereocenters. The highest BCUT2D eigenvalue weighted by Crippen LogP contribution is 2.05. The molecule has 5 heteroatoms. The van der Waals surface area contributed by atoms with Crippen molar-refractivity contribution in [1.82, 2.24) is 25.0 Å². The van der Waals surface area contributed by atoms with Crippen molar-refractivity contribution in [1.29, 1.82) is 0 Å². The molecule has 1 fully saturated rings. The van der Waals surface area contributed by atoms with Gasteiger partial charge in [0.2, 0.25) is 0 Å². The highest BCUT2D eigenvalue weighted by molar-refractivity contribution is 4.80. The van der Waals surface area contributed by atoms with Gasteiger partial charge in [0.05, 0.1) is 6.54 Å². The minimum absolute atomic E-state index is 0.773. The Morgan fingerprint density at radius 2 is 2.20 bits per heavy atom. The third-order valence-corrected chi connectivity index (χ3v) is 2.73. The van der Waals surface area contributed by atoms with Crippen molar-refractivity contribution in [3.63, 3.8) is 0 Å². The number of nitrogens with one attached hydrogen (secondary N) is 1. The van der Waals surface area contributed by atoms with Gasteiger partial charge in [-0.1, -0.05) is 0 Å². The Morgan fingerprint density at radius 1 is 1.40 bits per heavy atom. The van der Waals surface area contributed by atoms with Crippen molar-refractivity contribution in [2.75, 3.05) is 26.2 Å². The maximum atomic E-state index is 4.21. The number of aromatic nitrogens is 3. The van der Waals surface area contributed by atoms with Crippen LogP contribution in [-0.4, -0.2) is 45.8 Å². The maximum Gasteiger partial charge on any atom is 0.164 e. The number of hydrogen-bond acceptors (Lipinski definition) is 4. The zero-order chi connectivity index (χ0) is 10.5. The van der Waals surface area contributed by atoms with Gasteiger partial charge in [0.1, 0.15) is 6.33 Å². The van der Waals surface area contributed by atoms with Crippen LogP contribution in [0.25, 0.3) is 0 Å². The molecule has 0 unspecified atom stereocenters. The van der Waals surface area contributed by atoms with Crippen molar-refractivity contribution >= 4 is 0 Å². The van der Waals surface area contributed by atoms with Gasteiger partial charge in [-0.15, -0.1) is 0 Å². The summed E-state index contributed by atoms with van der Waals surface area (Å²) in [6.07, 6.45) is 4.46. The molecule has 0 bridgehead atoms. The Kier molecular flexibility index (Phi) is 3.69. The molecular weight excluding hydrogens is 190 g/mol. The zero-order valence-electron chi connectivity index (χ0n) is 9.32. The summed E-state index contributed by atoms with van der Waals surface area (Å²) >= 11 is 0. The molecule has 84 valence electrons. The van der Waals surface area contributed by atoms with Crippen LogP contribution in [0.4, 0.5) is 0 Å². The Morgan fingerprint density at radius 3 is 2.87 bits per heavy atom. The van der Waals surface area contributed by atoms with Gasteiger partial charge < -0.3 is 10.2 Å². The zero-order valence-corrected chi connectivity index (χ0v) is 9.32. The molecule has 2 rings (SSSR count). The minimum atomic E-state index is 0.773. The smallest absolute Gasteiger partial charge is 0.164 e. The number of rotatable bonds is 5. The van der Waals surface area contributed by atoms with Gasteiger partial charge >= 0.3 is 0 Å². The van der Waals surface area contributed by atoms with Crippen LogP contribution in [-0.2, 0) is 13.6 Å². The predicted octanol–water partition coefficient (Wildman–Crippen LogP) is 0.000500. The summed E-state index contributed by atoms with van der Waals surface area (Å²) in [6, 6.07) is 0. The van der Waals surface area contributed by atoms with Gasteiger partial charge in [-0.2, -0.15) is 5.10 Å². The molecule has 1 aliphatic heterocycles. The van der Waals surface area contributed by atoms with Crippen LogP contribution >= 0.6 is 0 Å². The summed E-state index contributed by atoms with van der Waals surface area (Å²) in [6.45, 7) is 5.48. The lowest BCUT2D eigenvalue weighted by molar-refractivity contribution is 0.335. The molecule has 0 aromatic carbocycles. The molecule has 0 spiro atoms. The van der Waals surface area contributed by atoms with Gasteiger partial charge in [-0.25, -0.2) is 4.98 Å². The molecule has 1 aliphatic rings. The van der Waals surface area contributed by atoms with E-state index in [9.17, 15) is 0 Å². The second-order valence-electron chi connectivity index (χ2n) is 4.06. The quantitative estimate of drug-likeness (QED) is 0.693. The number of likely N-dealkylation sites (tertiary alicyclic amines) is 1. The molecule has 1 aromatic heterocycles. The van der Waals surface area contributed by atoms with Crippen LogP contribution in [0.1, 0.15) is 18.7 Å². The second-order valence-corrected chi connectivity index (χ2v) is 4.06. The fraction of sp³-hybridized carbons (Fsp3) is 0.800. The van der Waals surface area contributed by atoms with E-state index in [1.54, 1.807) is 11.0 Å². The SMILES string of the molecule is Cn1cnc(CNCCN2CCCC2)n1. The normalized spacial score (nSPS) is 17.4. The van der Waals surface area contributed by atoms with Crippen molar-refractivity contribution in [2.45, 2.75) is 19.4 Å². The molecule has 15 heavy (non-hydrogen) atoms. The molecule has 2 heterocycles. The molecular formula is C10H19N5. The largest absolute Gasteiger partial charge is 0.308 e. The average Bonchev–Trinajstić information content (AvgIpc) is 2.84. The van der Waals surface area contributed by atoms with Crippen LogP contribution in [0.2, 0.25) is 0 Å². The highest BCUT2D eigenvalue weighted by atomic mass is 15.3. The molecule has 0 aliphatic carbocycles. The Labute approximate surface area is 90.5 Å². The third kappa shape index (κ3) is 3.28. The van der Waals surface area contributed by atoms with E-state index in [2.05, 4.69) is 20.3 Å². The summed E-state index contributed by atoms with van der Waals surface area (Å²) in [5.41, 5.74) is 0. The Hall–Kier alpha value is -0.940. The van der Waals surface area contributed by atoms with Crippen molar-refractivity contribution in [2.24, 2.45) is 7.05 Å². The van der Waals surface area contributed by atoms with Gasteiger partial charge in [-0.05, 0) is 25.9 Å². The lowest BCUT2D eigenvalue weighted by Gasteiger charge is -2.13. The predicted molar refractivity (Wildman–Crippen MR) is 58.4 cm³/mol. The first-order chi connectivity index (χ1) is 7.34. The lowest BCUT2D eigenvalue weighted by Crippen LogP contribution is -2.29. The minimum Gasteiger partial charge on any atom is -0.308 e. The molecule has 5 nitrogen and oxygen atoms in total. The standard InChI is InChI=1S/C10H19N5/c1-14-9-12-10(13-14)8-11-4-7-15-5-2-3-6-15/h9,11H,2-8H2,1H3. The highest BCUT2D eigenvalue weighted by Gasteiger charge is 2.10. The molecule has 1 saturated heterocycles. The Balaban J connectivity index is 1.58. The van der Waals surface area contributed by atoms with E-state index in [1.165, 1.54) is 25.9 Å². The number of hydrogen-bond donors (Lipinski definition) is 1. The van der Waals surface area contributed by atoms with E-state index < -0.39 is 0 Å². The lowest BCUT2D eigenvalue weighted by atomic mass is 10.4. The summed E-state index contributed by atoms with van der Waals surface area (Å²) in [5.74, 6) is 0.874. The average molecular weight is 209 g/mol. The number of nitrogens with zero attached hydrogens (tertiary/aromatic N) is 4. The second kappa shape index (κ2) is 5.23. The third-order valence-electron chi connectivity index (χ3n) is 2.73. The molecule has 0 saturated carbocycles. The van der Waals surface area contributed by atoms with E-state index >= 15 is 0 Å². The fourth-order valence-electron chi connectivity index (χ4n) is 1.91. The summed E-state index contributed by atoms with van der Waals surface area (Å²) in [4.78, 5) is 6.66. The molecule has 0 radical (unpaired) electrons. The fourth-order valence-corrected chi connectivity index (χ4v) is 1.91. The van der Waals surface area contributed by atoms with Crippen LogP contribution in [0.3, 0.4) is 0 Å². The van der Waals surface area contributed by atoms with Crippen LogP contribution in [0.15, 0.2) is 6.33 Å². The van der Waals surface area contributed by atoms with E-state index in [1.807, 2.05) is 7.05 Å². The summed E-state index contributed by atoms with van der Waals surface area (Å²) in [5, 5.41) is 7.57. The van der Waals surface area contributed by atoms with Gasteiger partial charge in [-0.3, -0.25) is 4.68 Å². The van der Waals surface area contributed by atoms with Gasteiger partial charge in [0.25, 0.3) is 0 Å². The maximum absolute atomic E-state index is 4.21. The molecule has 0 amide bonds. The van der Waals surface area contributed by atoms with E-state index in [4.69, 9.17) is 0 Å². The van der Waals surface area contributed by atoms with Gasteiger partial charge in [0, 0.05) is 20.1 Å². The summed E-state index contributed by atoms with van der Waals surface area (Å²) in [7, 11) is 1.89. The summed E-state index contributed by atoms with van der Waals surface area (Å²) < 4.78 is 1.73.